The average Bonchev–Trinajstić information content (AvgIpc) is 2.30. The van der Waals surface area contributed by atoms with Gasteiger partial charge in [0.1, 0.15) is 0 Å². The van der Waals surface area contributed by atoms with E-state index in [0.29, 0.717) is 5.25 Å². The van der Waals surface area contributed by atoms with Crippen molar-refractivity contribution in [2.75, 3.05) is 5.75 Å². The summed E-state index contributed by atoms with van der Waals surface area (Å²) in [5.41, 5.74) is 5.24. The van der Waals surface area contributed by atoms with Crippen LogP contribution in [0.25, 0.3) is 0 Å². The molecule has 0 saturated carbocycles. The molecule has 1 aromatic carbocycles. The highest BCUT2D eigenvalue weighted by atomic mass is 32.2. The second kappa shape index (κ2) is 7.67. The second-order valence-electron chi connectivity index (χ2n) is 3.94. The molecule has 0 bridgehead atoms. The zero-order valence-electron chi connectivity index (χ0n) is 10.3. The van der Waals surface area contributed by atoms with Crippen LogP contribution in [0.3, 0.4) is 0 Å². The molecule has 0 aromatic heterocycles. The van der Waals surface area contributed by atoms with Crippen molar-refractivity contribution in [3.8, 4) is 0 Å². The Kier molecular flexibility index (Phi) is 6.52. The minimum Gasteiger partial charge on any atom is -0.369 e. The molecule has 2 atom stereocenters. The van der Waals surface area contributed by atoms with E-state index in [1.165, 1.54) is 4.90 Å². The minimum atomic E-state index is -0.224. The third kappa shape index (κ3) is 6.03. The Morgan fingerprint density at radius 3 is 2.53 bits per heavy atom. The van der Waals surface area contributed by atoms with E-state index in [4.69, 9.17) is 5.73 Å². The number of hydrogen-bond donors (Lipinski definition) is 1. The molecule has 0 aliphatic rings. The quantitative estimate of drug-likeness (QED) is 0.773. The summed E-state index contributed by atoms with van der Waals surface area (Å²) < 4.78 is 0. The molecule has 1 rings (SSSR count). The molecule has 2 unspecified atom stereocenters. The second-order valence-corrected chi connectivity index (χ2v) is 6.89. The van der Waals surface area contributed by atoms with Crippen LogP contribution in [-0.2, 0) is 4.79 Å². The maximum Gasteiger partial charge on any atom is 0.230 e. The monoisotopic (exact) mass is 269 g/mol. The van der Waals surface area contributed by atoms with E-state index in [2.05, 4.69) is 31.2 Å². The van der Waals surface area contributed by atoms with Gasteiger partial charge in [-0.25, -0.2) is 0 Å². The maximum atomic E-state index is 10.9. The molecule has 94 valence electrons. The number of benzene rings is 1. The van der Waals surface area contributed by atoms with Crippen molar-refractivity contribution >= 4 is 29.4 Å². The number of hydrogen-bond acceptors (Lipinski definition) is 3. The molecule has 1 aromatic rings. The van der Waals surface area contributed by atoms with Crippen LogP contribution < -0.4 is 5.73 Å². The zero-order valence-corrected chi connectivity index (χ0v) is 11.9. The van der Waals surface area contributed by atoms with Crippen molar-refractivity contribution < 1.29 is 4.79 Å². The zero-order chi connectivity index (χ0) is 12.7. The van der Waals surface area contributed by atoms with Gasteiger partial charge in [-0.05, 0) is 31.2 Å². The van der Waals surface area contributed by atoms with Gasteiger partial charge in [0.15, 0.2) is 0 Å². The standard InChI is InChI=1S/C13H19NOS2/c1-10(17-11(2)13(14)15)8-9-16-12-6-4-3-5-7-12/h3-7,10-11H,8-9H2,1-2H3,(H2,14,15). The van der Waals surface area contributed by atoms with Gasteiger partial charge in [-0.15, -0.1) is 23.5 Å². The highest BCUT2D eigenvalue weighted by Gasteiger charge is 2.13. The third-order valence-electron chi connectivity index (χ3n) is 2.37. The number of amides is 1. The van der Waals surface area contributed by atoms with E-state index in [1.54, 1.807) is 11.8 Å². The van der Waals surface area contributed by atoms with Crippen LogP contribution >= 0.6 is 23.5 Å². The van der Waals surface area contributed by atoms with Gasteiger partial charge >= 0.3 is 0 Å². The normalized spacial score (nSPS) is 14.2. The Bertz CT molecular complexity index is 343. The van der Waals surface area contributed by atoms with Crippen molar-refractivity contribution in [1.82, 2.24) is 0 Å². The van der Waals surface area contributed by atoms with Crippen LogP contribution in [0.15, 0.2) is 35.2 Å². The van der Waals surface area contributed by atoms with Crippen LogP contribution in [0.1, 0.15) is 20.3 Å². The maximum absolute atomic E-state index is 10.9. The van der Waals surface area contributed by atoms with Crippen molar-refractivity contribution in [2.45, 2.75) is 35.7 Å². The lowest BCUT2D eigenvalue weighted by molar-refractivity contribution is -0.117. The third-order valence-corrected chi connectivity index (χ3v) is 4.76. The van der Waals surface area contributed by atoms with E-state index in [0.717, 1.165) is 12.2 Å². The summed E-state index contributed by atoms with van der Waals surface area (Å²) >= 11 is 3.51. The number of rotatable bonds is 7. The molecule has 0 fully saturated rings. The molecule has 0 aliphatic carbocycles. The largest absolute Gasteiger partial charge is 0.369 e. The summed E-state index contributed by atoms with van der Waals surface area (Å²) in [6, 6.07) is 10.4. The first-order valence-corrected chi connectivity index (χ1v) is 7.65. The van der Waals surface area contributed by atoms with Crippen molar-refractivity contribution in [2.24, 2.45) is 5.73 Å². The smallest absolute Gasteiger partial charge is 0.230 e. The summed E-state index contributed by atoms with van der Waals surface area (Å²) in [5, 5.41) is 0.375. The van der Waals surface area contributed by atoms with Gasteiger partial charge in [0.05, 0.1) is 5.25 Å². The highest BCUT2D eigenvalue weighted by Crippen LogP contribution is 2.24. The van der Waals surface area contributed by atoms with Gasteiger partial charge in [-0.1, -0.05) is 25.1 Å². The molecule has 0 radical (unpaired) electrons. The van der Waals surface area contributed by atoms with Gasteiger partial charge in [0.25, 0.3) is 0 Å². The number of carbonyl (C=O) groups excluding carboxylic acids is 1. The first-order valence-electron chi connectivity index (χ1n) is 5.72. The van der Waals surface area contributed by atoms with Crippen LogP contribution in [0.5, 0.6) is 0 Å². The van der Waals surface area contributed by atoms with Crippen molar-refractivity contribution in [1.29, 1.82) is 0 Å². The van der Waals surface area contributed by atoms with Gasteiger partial charge in [0.2, 0.25) is 5.91 Å². The number of primary amides is 1. The molecule has 0 saturated heterocycles. The van der Waals surface area contributed by atoms with Gasteiger partial charge in [-0.2, -0.15) is 0 Å². The summed E-state index contributed by atoms with van der Waals surface area (Å²) in [4.78, 5) is 12.2. The van der Waals surface area contributed by atoms with E-state index in [1.807, 2.05) is 24.8 Å². The Balaban J connectivity index is 2.20. The lowest BCUT2D eigenvalue weighted by Crippen LogP contribution is -2.24. The topological polar surface area (TPSA) is 43.1 Å². The van der Waals surface area contributed by atoms with Crippen molar-refractivity contribution in [3.63, 3.8) is 0 Å². The van der Waals surface area contributed by atoms with E-state index in [9.17, 15) is 4.79 Å². The summed E-state index contributed by atoms with van der Waals surface area (Å²) in [6.45, 7) is 4.02. The average molecular weight is 269 g/mol. The first kappa shape index (κ1) is 14.5. The van der Waals surface area contributed by atoms with Gasteiger partial charge in [-0.3, -0.25) is 4.79 Å². The molecule has 0 aliphatic heterocycles. The minimum absolute atomic E-state index is 0.0910. The fourth-order valence-electron chi connectivity index (χ4n) is 1.34. The van der Waals surface area contributed by atoms with E-state index < -0.39 is 0 Å². The molecule has 1 amide bonds. The number of carbonyl (C=O) groups is 1. The number of thioether (sulfide) groups is 2. The Morgan fingerprint density at radius 2 is 1.94 bits per heavy atom. The Hall–Kier alpha value is -0.610. The molecule has 17 heavy (non-hydrogen) atoms. The lowest BCUT2D eigenvalue weighted by atomic mass is 10.4. The van der Waals surface area contributed by atoms with Crippen LogP contribution in [0.4, 0.5) is 0 Å². The Morgan fingerprint density at radius 1 is 1.29 bits per heavy atom. The van der Waals surface area contributed by atoms with Crippen molar-refractivity contribution in [3.05, 3.63) is 30.3 Å². The molecule has 4 heteroatoms. The summed E-state index contributed by atoms with van der Waals surface area (Å²) in [6.07, 6.45) is 1.09. The molecule has 0 heterocycles. The van der Waals surface area contributed by atoms with Gasteiger partial charge < -0.3 is 5.73 Å². The highest BCUT2D eigenvalue weighted by molar-refractivity contribution is 8.01. The number of nitrogens with two attached hydrogens (primary N) is 1. The van der Waals surface area contributed by atoms with Gasteiger partial charge in [0, 0.05) is 10.1 Å². The Labute approximate surface area is 112 Å². The van der Waals surface area contributed by atoms with E-state index >= 15 is 0 Å². The van der Waals surface area contributed by atoms with Crippen LogP contribution in [0, 0.1) is 0 Å². The van der Waals surface area contributed by atoms with E-state index in [-0.39, 0.29) is 11.2 Å². The molecular formula is C13H19NOS2. The fraction of sp³-hybridized carbons (Fsp3) is 0.462. The summed E-state index contributed by atoms with van der Waals surface area (Å²) in [5.74, 6) is 0.849. The predicted molar refractivity (Wildman–Crippen MR) is 77.5 cm³/mol. The first-order chi connectivity index (χ1) is 8.09. The summed E-state index contributed by atoms with van der Waals surface area (Å²) in [7, 11) is 0. The lowest BCUT2D eigenvalue weighted by Gasteiger charge is -2.14. The predicted octanol–water partition coefficient (Wildman–Crippen LogP) is 3.16. The molecule has 2 N–H and O–H groups in total. The molecular weight excluding hydrogens is 250 g/mol. The van der Waals surface area contributed by atoms with Crippen LogP contribution in [-0.4, -0.2) is 22.2 Å². The fourth-order valence-corrected chi connectivity index (χ4v) is 3.63. The molecule has 0 spiro atoms. The van der Waals surface area contributed by atoms with Crippen LogP contribution in [0.2, 0.25) is 0 Å². The molecule has 2 nitrogen and oxygen atoms in total. The SMILES string of the molecule is CC(CCSc1ccccc1)SC(C)C(N)=O.